The maximum Gasteiger partial charge on any atom is 0.305 e. The lowest BCUT2D eigenvalue weighted by Crippen LogP contribution is -2.42. The van der Waals surface area contributed by atoms with Crippen LogP contribution >= 0.6 is 0 Å². The van der Waals surface area contributed by atoms with Gasteiger partial charge in [0.2, 0.25) is 0 Å². The number of pyridine rings is 1. The average molecular weight is 259 g/mol. The van der Waals surface area contributed by atoms with Crippen molar-refractivity contribution in [1.82, 2.24) is 4.98 Å². The Morgan fingerprint density at radius 3 is 2.84 bits per heavy atom. The Hall–Kier alpha value is -2.09. The van der Waals surface area contributed by atoms with Crippen molar-refractivity contribution < 1.29 is 9.90 Å². The van der Waals surface area contributed by atoms with E-state index < -0.39 is 11.5 Å². The van der Waals surface area contributed by atoms with Crippen LogP contribution in [-0.4, -0.2) is 21.6 Å². The van der Waals surface area contributed by atoms with Crippen molar-refractivity contribution in [3.05, 3.63) is 23.9 Å². The number of aliphatic carboxylic acids is 1. The second-order valence-corrected chi connectivity index (χ2v) is 5.08. The molecule has 0 unspecified atom stereocenters. The minimum absolute atomic E-state index is 0.0888. The molecule has 1 aliphatic rings. The highest BCUT2D eigenvalue weighted by Crippen LogP contribution is 2.34. The first kappa shape index (κ1) is 13.3. The molecular formula is C14H17N3O2. The third-order valence-electron chi connectivity index (χ3n) is 3.58. The molecule has 5 nitrogen and oxygen atoms in total. The fraction of sp³-hybridized carbons (Fsp3) is 0.500. The summed E-state index contributed by atoms with van der Waals surface area (Å²) >= 11 is 0. The molecule has 1 fully saturated rings. The first-order chi connectivity index (χ1) is 9.13. The summed E-state index contributed by atoms with van der Waals surface area (Å²) in [7, 11) is 0. The number of carboxylic acids is 1. The number of nitrogens with zero attached hydrogens (tertiary/aromatic N) is 2. The molecule has 0 aliphatic heterocycles. The molecule has 100 valence electrons. The van der Waals surface area contributed by atoms with Crippen molar-refractivity contribution >= 4 is 11.8 Å². The van der Waals surface area contributed by atoms with Crippen LogP contribution in [0, 0.1) is 11.3 Å². The van der Waals surface area contributed by atoms with E-state index >= 15 is 0 Å². The van der Waals surface area contributed by atoms with E-state index in [0.717, 1.165) is 32.1 Å². The van der Waals surface area contributed by atoms with Gasteiger partial charge in [-0.1, -0.05) is 19.3 Å². The van der Waals surface area contributed by atoms with Crippen LogP contribution in [0.25, 0.3) is 0 Å². The summed E-state index contributed by atoms with van der Waals surface area (Å²) < 4.78 is 0. The molecule has 5 heteroatoms. The van der Waals surface area contributed by atoms with Crippen LogP contribution in [0.4, 0.5) is 5.82 Å². The molecule has 0 amide bonds. The predicted molar refractivity (Wildman–Crippen MR) is 70.6 cm³/mol. The number of hydrogen-bond donors (Lipinski definition) is 2. The predicted octanol–water partition coefficient (Wildman–Crippen LogP) is 2.54. The van der Waals surface area contributed by atoms with Crippen molar-refractivity contribution in [3.8, 4) is 6.07 Å². The molecule has 2 N–H and O–H groups in total. The van der Waals surface area contributed by atoms with Crippen molar-refractivity contribution in [2.45, 2.75) is 44.1 Å². The molecule has 0 aromatic carbocycles. The van der Waals surface area contributed by atoms with Gasteiger partial charge in [0.1, 0.15) is 5.82 Å². The summed E-state index contributed by atoms with van der Waals surface area (Å²) in [6.07, 6.45) is 6.52. The van der Waals surface area contributed by atoms with Crippen LogP contribution in [-0.2, 0) is 4.79 Å². The van der Waals surface area contributed by atoms with Crippen LogP contribution < -0.4 is 5.32 Å². The van der Waals surface area contributed by atoms with Gasteiger partial charge in [0.05, 0.1) is 18.1 Å². The molecule has 1 aromatic rings. The number of carbonyl (C=O) groups is 1. The molecule has 1 heterocycles. The van der Waals surface area contributed by atoms with Crippen LogP contribution in [0.5, 0.6) is 0 Å². The van der Waals surface area contributed by atoms with Gasteiger partial charge in [0, 0.05) is 11.7 Å². The van der Waals surface area contributed by atoms with E-state index in [1.165, 1.54) is 0 Å². The van der Waals surface area contributed by atoms with E-state index in [9.17, 15) is 4.79 Å². The third-order valence-corrected chi connectivity index (χ3v) is 3.58. The molecule has 1 aromatic heterocycles. The van der Waals surface area contributed by atoms with E-state index in [-0.39, 0.29) is 6.42 Å². The summed E-state index contributed by atoms with van der Waals surface area (Å²) in [5.41, 5.74) is 0.101. The normalized spacial score (nSPS) is 17.4. The van der Waals surface area contributed by atoms with E-state index in [0.29, 0.717) is 11.4 Å². The molecule has 0 bridgehead atoms. The smallest absolute Gasteiger partial charge is 0.305 e. The second-order valence-electron chi connectivity index (χ2n) is 5.08. The fourth-order valence-corrected chi connectivity index (χ4v) is 2.70. The van der Waals surface area contributed by atoms with Gasteiger partial charge in [0.15, 0.2) is 0 Å². The number of nitriles is 1. The summed E-state index contributed by atoms with van der Waals surface area (Å²) in [6, 6.07) is 5.36. The molecular weight excluding hydrogens is 242 g/mol. The zero-order valence-electron chi connectivity index (χ0n) is 10.7. The Kier molecular flexibility index (Phi) is 4.00. The number of aromatic nitrogens is 1. The molecule has 0 spiro atoms. The number of nitrogens with one attached hydrogen (secondary N) is 1. The van der Waals surface area contributed by atoms with Gasteiger partial charge < -0.3 is 10.4 Å². The lowest BCUT2D eigenvalue weighted by atomic mass is 9.79. The molecule has 0 radical (unpaired) electrons. The van der Waals surface area contributed by atoms with Crippen LogP contribution in [0.3, 0.4) is 0 Å². The fourth-order valence-electron chi connectivity index (χ4n) is 2.70. The molecule has 1 saturated carbocycles. The SMILES string of the molecule is N#Cc1ccnc(NC2(CC(=O)O)CCCCC2)c1. The Labute approximate surface area is 112 Å². The van der Waals surface area contributed by atoms with Crippen LogP contribution in [0.1, 0.15) is 44.1 Å². The van der Waals surface area contributed by atoms with Crippen molar-refractivity contribution in [2.24, 2.45) is 0 Å². The molecule has 2 rings (SSSR count). The molecule has 0 atom stereocenters. The topological polar surface area (TPSA) is 86.0 Å². The number of hydrogen-bond acceptors (Lipinski definition) is 4. The lowest BCUT2D eigenvalue weighted by Gasteiger charge is -2.37. The maximum absolute atomic E-state index is 11.1. The highest BCUT2D eigenvalue weighted by Gasteiger charge is 2.34. The number of anilines is 1. The summed E-state index contributed by atoms with van der Waals surface area (Å²) in [5.74, 6) is -0.215. The number of carboxylic acid groups (broad SMARTS) is 1. The highest BCUT2D eigenvalue weighted by molar-refractivity contribution is 5.69. The van der Waals surface area contributed by atoms with Crippen molar-refractivity contribution in [1.29, 1.82) is 5.26 Å². The summed E-state index contributed by atoms with van der Waals surface area (Å²) in [5, 5.41) is 21.2. The van der Waals surface area contributed by atoms with E-state index in [2.05, 4.69) is 16.4 Å². The Bertz CT molecular complexity index is 502. The van der Waals surface area contributed by atoms with Gasteiger partial charge in [-0.05, 0) is 25.0 Å². The monoisotopic (exact) mass is 259 g/mol. The number of rotatable bonds is 4. The van der Waals surface area contributed by atoms with Crippen LogP contribution in [0.15, 0.2) is 18.3 Å². The van der Waals surface area contributed by atoms with Gasteiger partial charge in [-0.25, -0.2) is 4.98 Å². The molecule has 0 saturated heterocycles. The second kappa shape index (κ2) is 5.70. The van der Waals surface area contributed by atoms with Gasteiger partial charge >= 0.3 is 5.97 Å². The average Bonchev–Trinajstić information content (AvgIpc) is 2.39. The highest BCUT2D eigenvalue weighted by atomic mass is 16.4. The van der Waals surface area contributed by atoms with Gasteiger partial charge in [-0.2, -0.15) is 5.26 Å². The quantitative estimate of drug-likeness (QED) is 0.867. The first-order valence-electron chi connectivity index (χ1n) is 6.50. The van der Waals surface area contributed by atoms with Crippen molar-refractivity contribution in [3.63, 3.8) is 0 Å². The lowest BCUT2D eigenvalue weighted by molar-refractivity contribution is -0.138. The summed E-state index contributed by atoms with van der Waals surface area (Å²) in [4.78, 5) is 15.3. The molecule has 19 heavy (non-hydrogen) atoms. The Balaban J connectivity index is 2.19. The summed E-state index contributed by atoms with van der Waals surface area (Å²) in [6.45, 7) is 0. The van der Waals surface area contributed by atoms with E-state index in [4.69, 9.17) is 10.4 Å². The van der Waals surface area contributed by atoms with Crippen molar-refractivity contribution in [2.75, 3.05) is 5.32 Å². The van der Waals surface area contributed by atoms with Gasteiger partial charge in [-0.3, -0.25) is 4.79 Å². The zero-order chi connectivity index (χ0) is 13.7. The van der Waals surface area contributed by atoms with Gasteiger partial charge in [-0.15, -0.1) is 0 Å². The third kappa shape index (κ3) is 3.44. The standard InChI is InChI=1S/C14H17N3O2/c15-10-11-4-7-16-12(8-11)17-14(9-13(18)19)5-2-1-3-6-14/h4,7-8H,1-3,5-6,9H2,(H,16,17)(H,18,19). The Morgan fingerprint density at radius 1 is 1.47 bits per heavy atom. The zero-order valence-corrected chi connectivity index (χ0v) is 10.7. The van der Waals surface area contributed by atoms with E-state index in [1.807, 2.05) is 0 Å². The maximum atomic E-state index is 11.1. The first-order valence-corrected chi connectivity index (χ1v) is 6.50. The minimum Gasteiger partial charge on any atom is -0.481 e. The largest absolute Gasteiger partial charge is 0.481 e. The Morgan fingerprint density at radius 2 is 2.21 bits per heavy atom. The van der Waals surface area contributed by atoms with Crippen LogP contribution in [0.2, 0.25) is 0 Å². The van der Waals surface area contributed by atoms with E-state index in [1.54, 1.807) is 18.3 Å². The molecule has 1 aliphatic carbocycles. The van der Waals surface area contributed by atoms with Gasteiger partial charge in [0.25, 0.3) is 0 Å². The minimum atomic E-state index is -0.800.